The summed E-state index contributed by atoms with van der Waals surface area (Å²) < 4.78 is 38.2. The minimum absolute atomic E-state index is 0.0739. The van der Waals surface area contributed by atoms with E-state index in [0.717, 1.165) is 11.3 Å². The number of cyclic esters (lactones) is 1. The largest absolute Gasteiger partial charge is 0.481 e. The molecule has 0 aliphatic carbocycles. The van der Waals surface area contributed by atoms with Crippen molar-refractivity contribution in [2.24, 2.45) is 23.7 Å². The van der Waals surface area contributed by atoms with Gasteiger partial charge in [-0.2, -0.15) is 0 Å². The molecule has 336 valence electrons. The number of rotatable bonds is 12. The maximum Gasteiger partial charge on any atom is 0.411 e. The maximum absolute atomic E-state index is 14.8. The molecule has 2 aromatic rings. The van der Waals surface area contributed by atoms with Gasteiger partial charge in [-0.05, 0) is 73.0 Å². The Balaban J connectivity index is 1.44. The van der Waals surface area contributed by atoms with E-state index in [-0.39, 0.29) is 37.3 Å². The zero-order valence-electron chi connectivity index (χ0n) is 37.5. The minimum Gasteiger partial charge on any atom is -0.481 e. The van der Waals surface area contributed by atoms with Crippen molar-refractivity contribution in [1.29, 1.82) is 0 Å². The van der Waals surface area contributed by atoms with E-state index in [4.69, 9.17) is 34.8 Å². The number of esters is 1. The lowest BCUT2D eigenvalue weighted by molar-refractivity contribution is -0.295. The van der Waals surface area contributed by atoms with E-state index in [1.807, 2.05) is 42.7 Å². The van der Waals surface area contributed by atoms with Crippen LogP contribution in [0.3, 0.4) is 0 Å². The first kappa shape index (κ1) is 47.6. The molecule has 3 aliphatic rings. The molecule has 5 heterocycles. The van der Waals surface area contributed by atoms with Gasteiger partial charge in [-0.3, -0.25) is 19.3 Å². The van der Waals surface area contributed by atoms with E-state index < -0.39 is 83.4 Å². The SMILES string of the molecule is C#C[C@]12OC(=O)N(CCCCn3cnc(-c4ccc(OC)nc4)c3)[C@H]1[C@H](C)C(=O)[C@H](C)C[C@](C)(OC)[C@H](OC1O[C@H](C)C[C@H](N(C)C)[C@H]1O)[C@@H](C)C(=O)[C@@H](C)C(=O)O[C@H]2CC. The third-order valence-corrected chi connectivity index (χ3v) is 13.0. The van der Waals surface area contributed by atoms with Gasteiger partial charge in [-0.1, -0.05) is 33.6 Å². The van der Waals surface area contributed by atoms with Gasteiger partial charge in [-0.15, -0.1) is 6.42 Å². The molecule has 3 aliphatic heterocycles. The molecule has 0 bridgehead atoms. The van der Waals surface area contributed by atoms with Gasteiger partial charge in [0.25, 0.3) is 0 Å². The highest BCUT2D eigenvalue weighted by molar-refractivity contribution is 6.00. The van der Waals surface area contributed by atoms with Crippen LogP contribution < -0.4 is 4.74 Å². The Hall–Kier alpha value is -4.40. The number of unbranched alkanes of at least 4 members (excludes halogenated alkanes) is 1. The van der Waals surface area contributed by atoms with Crippen LogP contribution in [0.4, 0.5) is 4.79 Å². The van der Waals surface area contributed by atoms with Crippen molar-refractivity contribution in [3.8, 4) is 29.5 Å². The number of amides is 1. The lowest BCUT2D eigenvalue weighted by Gasteiger charge is -2.47. The van der Waals surface area contributed by atoms with E-state index in [0.29, 0.717) is 31.7 Å². The van der Waals surface area contributed by atoms with E-state index in [2.05, 4.69) is 15.9 Å². The van der Waals surface area contributed by atoms with Crippen LogP contribution >= 0.6 is 0 Å². The quantitative estimate of drug-likeness (QED) is 0.136. The van der Waals surface area contributed by atoms with Crippen molar-refractivity contribution in [3.63, 3.8) is 0 Å². The number of imidazole rings is 1. The number of fused-ring (bicyclic) bond motifs is 1. The van der Waals surface area contributed by atoms with Crippen molar-refractivity contribution in [1.82, 2.24) is 24.3 Å². The first-order chi connectivity index (χ1) is 28.9. The molecule has 0 spiro atoms. The molecule has 16 nitrogen and oxygen atoms in total. The lowest BCUT2D eigenvalue weighted by Crippen LogP contribution is -2.60. The van der Waals surface area contributed by atoms with Crippen LogP contribution in [0.25, 0.3) is 11.3 Å². The fourth-order valence-corrected chi connectivity index (χ4v) is 9.40. The van der Waals surface area contributed by atoms with Crippen LogP contribution in [0.5, 0.6) is 5.88 Å². The molecule has 13 atom stereocenters. The molecule has 0 aromatic carbocycles. The standard InChI is InChI=1S/C45H65N5O11/c1-13-34-45(14-2)39(50(43(55)61-45)20-16-15-19-49-24-32(47-25-49)31-17-18-35(56-11)46-23-31)28(5)36(51)26(3)22-44(8,57-12)40(29(6)37(52)30(7)41(54)59-34)60-42-38(53)33(48(9)10)21-27(4)58-42/h2,17-18,23-30,33-34,38-40,42,53H,13,15-16,19-22H2,1,3-12H3/t26-,27-,28-,29+,30-,33+,34+,38-,39+,40-,42?,44+,45-/m1/s1. The number of carbonyl (C=O) groups is 4. The third kappa shape index (κ3) is 9.81. The second-order valence-corrected chi connectivity index (χ2v) is 17.4. The van der Waals surface area contributed by atoms with Crippen LogP contribution in [-0.4, -0.2) is 142 Å². The van der Waals surface area contributed by atoms with Gasteiger partial charge in [-0.25, -0.2) is 14.8 Å². The van der Waals surface area contributed by atoms with Gasteiger partial charge in [0.1, 0.15) is 17.8 Å². The summed E-state index contributed by atoms with van der Waals surface area (Å²) in [6.45, 7) is 12.7. The van der Waals surface area contributed by atoms with Crippen molar-refractivity contribution < 1.29 is 52.7 Å². The summed E-state index contributed by atoms with van der Waals surface area (Å²) >= 11 is 0. The number of ketones is 2. The molecule has 16 heteroatoms. The number of aliphatic hydroxyl groups is 1. The number of aliphatic hydroxyl groups excluding tert-OH is 1. The number of methoxy groups -OCH3 is 2. The second-order valence-electron chi connectivity index (χ2n) is 17.4. The van der Waals surface area contributed by atoms with Crippen LogP contribution in [0.15, 0.2) is 30.9 Å². The van der Waals surface area contributed by atoms with E-state index in [1.54, 1.807) is 60.3 Å². The van der Waals surface area contributed by atoms with Crippen LogP contribution in [0, 0.1) is 36.0 Å². The number of aryl methyl sites for hydroxylation is 1. The van der Waals surface area contributed by atoms with Crippen LogP contribution in [0.1, 0.15) is 80.6 Å². The fourth-order valence-electron chi connectivity index (χ4n) is 9.40. The summed E-state index contributed by atoms with van der Waals surface area (Å²) in [5.74, 6) is -2.35. The highest BCUT2D eigenvalue weighted by Gasteiger charge is 2.62. The zero-order valence-corrected chi connectivity index (χ0v) is 37.5. The Kier molecular flexibility index (Phi) is 15.4. The number of pyridine rings is 1. The monoisotopic (exact) mass is 851 g/mol. The molecular formula is C45H65N5O11. The number of hydrogen-bond acceptors (Lipinski definition) is 14. The summed E-state index contributed by atoms with van der Waals surface area (Å²) in [5, 5.41) is 11.5. The normalized spacial score (nSPS) is 35.3. The smallest absolute Gasteiger partial charge is 0.411 e. The molecule has 61 heavy (non-hydrogen) atoms. The minimum atomic E-state index is -1.84. The molecule has 2 aromatic heterocycles. The second kappa shape index (κ2) is 19.8. The van der Waals surface area contributed by atoms with Gasteiger partial charge >= 0.3 is 12.1 Å². The average Bonchev–Trinajstić information content (AvgIpc) is 3.84. The van der Waals surface area contributed by atoms with Gasteiger partial charge in [0.2, 0.25) is 11.5 Å². The number of carbonyl (C=O) groups excluding carboxylic acids is 4. The number of nitrogens with zero attached hydrogens (tertiary/aromatic N) is 5. The number of aromatic nitrogens is 3. The molecule has 5 rings (SSSR count). The van der Waals surface area contributed by atoms with E-state index in [9.17, 15) is 24.3 Å². The molecule has 0 saturated carbocycles. The molecule has 3 fully saturated rings. The average molecular weight is 852 g/mol. The Morgan fingerprint density at radius 3 is 2.33 bits per heavy atom. The number of Topliss-reactive ketones (excluding diaryl/α,β-unsaturated/α-hetero) is 2. The number of hydrogen-bond donors (Lipinski definition) is 1. The predicted molar refractivity (Wildman–Crippen MR) is 224 cm³/mol. The molecule has 3 saturated heterocycles. The van der Waals surface area contributed by atoms with Gasteiger partial charge in [0.15, 0.2) is 18.2 Å². The highest BCUT2D eigenvalue weighted by atomic mass is 16.7. The molecule has 1 unspecified atom stereocenters. The van der Waals surface area contributed by atoms with Crippen molar-refractivity contribution in [2.75, 3.05) is 34.9 Å². The van der Waals surface area contributed by atoms with E-state index >= 15 is 0 Å². The molecule has 0 radical (unpaired) electrons. The predicted octanol–water partition coefficient (Wildman–Crippen LogP) is 4.55. The Labute approximate surface area is 359 Å². The number of likely N-dealkylation sites (N-methyl/N-ethyl adjacent to an activating group) is 1. The summed E-state index contributed by atoms with van der Waals surface area (Å²) in [5.41, 5.74) is -1.57. The van der Waals surface area contributed by atoms with E-state index in [1.165, 1.54) is 18.9 Å². The third-order valence-electron chi connectivity index (χ3n) is 13.0. The van der Waals surface area contributed by atoms with Crippen LogP contribution in [0.2, 0.25) is 0 Å². The van der Waals surface area contributed by atoms with Gasteiger partial charge in [0.05, 0.1) is 43.0 Å². The van der Waals surface area contributed by atoms with Crippen molar-refractivity contribution in [2.45, 2.75) is 141 Å². The first-order valence-corrected chi connectivity index (χ1v) is 21.3. The molecular weight excluding hydrogens is 787 g/mol. The fraction of sp³-hybridized carbons (Fsp3) is 0.689. The molecule has 1 N–H and O–H groups in total. The summed E-state index contributed by atoms with van der Waals surface area (Å²) in [4.78, 5) is 69.3. The zero-order chi connectivity index (χ0) is 45.0. The Morgan fingerprint density at radius 1 is 1.02 bits per heavy atom. The summed E-state index contributed by atoms with van der Waals surface area (Å²) in [6.07, 6.45) is 8.03. The first-order valence-electron chi connectivity index (χ1n) is 21.3. The molecule has 1 amide bonds. The lowest BCUT2D eigenvalue weighted by atomic mass is 9.73. The number of terminal acetylenes is 1. The van der Waals surface area contributed by atoms with Gasteiger partial charge in [0, 0.05) is 68.0 Å². The highest BCUT2D eigenvalue weighted by Crippen LogP contribution is 2.43. The van der Waals surface area contributed by atoms with Crippen molar-refractivity contribution >= 4 is 23.6 Å². The van der Waals surface area contributed by atoms with Crippen LogP contribution in [-0.2, 0) is 44.6 Å². The summed E-state index contributed by atoms with van der Waals surface area (Å²) in [7, 11) is 6.75. The number of ether oxygens (including phenoxy) is 6. The Morgan fingerprint density at radius 2 is 1.72 bits per heavy atom. The maximum atomic E-state index is 14.8. The Bertz CT molecular complexity index is 1900. The topological polar surface area (TPSA) is 181 Å². The summed E-state index contributed by atoms with van der Waals surface area (Å²) in [6, 6.07) is 2.32. The van der Waals surface area contributed by atoms with Crippen molar-refractivity contribution in [3.05, 3.63) is 30.9 Å². The van der Waals surface area contributed by atoms with Gasteiger partial charge < -0.3 is 43.0 Å².